The summed E-state index contributed by atoms with van der Waals surface area (Å²) in [5.41, 5.74) is 1.49. The number of non-ortho nitro benzene ring substituents is 1. The highest BCUT2D eigenvalue weighted by Gasteiger charge is 2.28. The quantitative estimate of drug-likeness (QED) is 0.613. The molecule has 1 N–H and O–H groups in total. The number of likely N-dealkylation sites (tertiary alicyclic amines) is 1. The third kappa shape index (κ3) is 4.48. The first-order chi connectivity index (χ1) is 14.1. The summed E-state index contributed by atoms with van der Waals surface area (Å²) in [6.07, 6.45) is 2.82. The van der Waals surface area contributed by atoms with E-state index in [2.05, 4.69) is 10.2 Å². The number of benzene rings is 2. The number of nitrogens with one attached hydrogen (secondary N) is 1. The Hall–Kier alpha value is -3.13. The number of rotatable bonds is 5. The number of carbonyl (C=O) groups is 1. The van der Waals surface area contributed by atoms with Crippen LogP contribution in [0.1, 0.15) is 30.9 Å². The van der Waals surface area contributed by atoms with Gasteiger partial charge in [-0.3, -0.25) is 19.8 Å². The molecule has 1 amide bonds. The molecule has 0 spiro atoms. The topological polar surface area (TPSA) is 93.9 Å². The minimum absolute atomic E-state index is 0.0472. The number of amides is 1. The number of hydrogen-bond acceptors (Lipinski definition) is 6. The maximum Gasteiger partial charge on any atom is 0.271 e. The summed E-state index contributed by atoms with van der Waals surface area (Å²) in [6, 6.07) is 12.1. The molecule has 0 bridgehead atoms. The van der Waals surface area contributed by atoms with Crippen LogP contribution < -0.4 is 14.8 Å². The summed E-state index contributed by atoms with van der Waals surface area (Å²) in [6.45, 7) is 2.33. The third-order valence-electron chi connectivity index (χ3n) is 5.21. The van der Waals surface area contributed by atoms with Crippen LogP contribution in [0.5, 0.6) is 11.5 Å². The van der Waals surface area contributed by atoms with Gasteiger partial charge in [0, 0.05) is 30.3 Å². The zero-order chi connectivity index (χ0) is 20.2. The van der Waals surface area contributed by atoms with Crippen molar-refractivity contribution in [3.8, 4) is 11.5 Å². The maximum absolute atomic E-state index is 12.5. The first kappa shape index (κ1) is 19.2. The summed E-state index contributed by atoms with van der Waals surface area (Å²) in [5.74, 6) is 1.33. The van der Waals surface area contributed by atoms with E-state index in [9.17, 15) is 14.9 Å². The van der Waals surface area contributed by atoms with E-state index in [1.165, 1.54) is 12.1 Å². The number of nitrogens with zero attached hydrogens (tertiary/aromatic N) is 2. The maximum atomic E-state index is 12.5. The summed E-state index contributed by atoms with van der Waals surface area (Å²) in [7, 11) is 0. The summed E-state index contributed by atoms with van der Waals surface area (Å²) < 4.78 is 11.5. The molecule has 4 rings (SSSR count). The molecule has 2 heterocycles. The van der Waals surface area contributed by atoms with Gasteiger partial charge in [-0.1, -0.05) is 12.1 Å². The zero-order valence-electron chi connectivity index (χ0n) is 16.0. The summed E-state index contributed by atoms with van der Waals surface area (Å²) in [5, 5.41) is 13.7. The van der Waals surface area contributed by atoms with Gasteiger partial charge >= 0.3 is 0 Å². The highest BCUT2D eigenvalue weighted by atomic mass is 16.6. The standard InChI is InChI=1S/C21H23N3O5/c25-21(22-16-4-1-5-17(13-16)24(26)27)14-23-9-2-6-18(23)15-7-8-19-20(12-15)29-11-3-10-28-19/h1,4-5,7-8,12-13,18H,2-3,6,9-11,14H2,(H,22,25). The van der Waals surface area contributed by atoms with Crippen molar-refractivity contribution in [3.05, 3.63) is 58.1 Å². The molecular formula is C21H23N3O5. The first-order valence-electron chi connectivity index (χ1n) is 9.78. The van der Waals surface area contributed by atoms with Crippen molar-refractivity contribution >= 4 is 17.3 Å². The Bertz CT molecular complexity index is 917. The Balaban J connectivity index is 1.43. The van der Waals surface area contributed by atoms with E-state index in [0.29, 0.717) is 18.9 Å². The molecule has 2 aliphatic rings. The van der Waals surface area contributed by atoms with Gasteiger partial charge in [0.05, 0.1) is 24.7 Å². The predicted molar refractivity (Wildman–Crippen MR) is 107 cm³/mol. The molecule has 1 unspecified atom stereocenters. The molecule has 2 aromatic rings. The van der Waals surface area contributed by atoms with E-state index < -0.39 is 4.92 Å². The fraction of sp³-hybridized carbons (Fsp3) is 0.381. The smallest absolute Gasteiger partial charge is 0.271 e. The van der Waals surface area contributed by atoms with Gasteiger partial charge in [0.2, 0.25) is 5.91 Å². The molecule has 1 atom stereocenters. The van der Waals surface area contributed by atoms with Crippen LogP contribution in [-0.4, -0.2) is 42.0 Å². The molecule has 0 saturated carbocycles. The van der Waals surface area contributed by atoms with Gasteiger partial charge in [-0.25, -0.2) is 0 Å². The molecule has 1 fully saturated rings. The summed E-state index contributed by atoms with van der Waals surface area (Å²) >= 11 is 0. The number of nitro benzene ring substituents is 1. The van der Waals surface area contributed by atoms with Crippen LogP contribution in [0.15, 0.2) is 42.5 Å². The van der Waals surface area contributed by atoms with Gasteiger partial charge in [0.15, 0.2) is 11.5 Å². The molecule has 0 aliphatic carbocycles. The zero-order valence-corrected chi connectivity index (χ0v) is 16.0. The number of hydrogen-bond donors (Lipinski definition) is 1. The van der Waals surface area contributed by atoms with Gasteiger partial charge in [0.1, 0.15) is 0 Å². The Morgan fingerprint density at radius 1 is 1.14 bits per heavy atom. The molecule has 0 aromatic heterocycles. The van der Waals surface area contributed by atoms with Crippen LogP contribution in [0, 0.1) is 10.1 Å². The monoisotopic (exact) mass is 397 g/mol. The molecule has 0 radical (unpaired) electrons. The lowest BCUT2D eigenvalue weighted by Crippen LogP contribution is -2.33. The fourth-order valence-electron chi connectivity index (χ4n) is 3.86. The van der Waals surface area contributed by atoms with Gasteiger partial charge in [0.25, 0.3) is 5.69 Å². The number of carbonyl (C=O) groups excluding carboxylic acids is 1. The van der Waals surface area contributed by atoms with Crippen LogP contribution in [0.4, 0.5) is 11.4 Å². The molecule has 8 nitrogen and oxygen atoms in total. The van der Waals surface area contributed by atoms with E-state index in [-0.39, 0.29) is 24.2 Å². The number of nitro groups is 1. The molecule has 2 aliphatic heterocycles. The van der Waals surface area contributed by atoms with Crippen molar-refractivity contribution in [3.63, 3.8) is 0 Å². The van der Waals surface area contributed by atoms with Gasteiger partial charge in [-0.2, -0.15) is 0 Å². The Morgan fingerprint density at radius 2 is 1.97 bits per heavy atom. The van der Waals surface area contributed by atoms with Crippen molar-refractivity contribution in [1.29, 1.82) is 0 Å². The Labute approximate surface area is 168 Å². The largest absolute Gasteiger partial charge is 0.490 e. The molecule has 1 saturated heterocycles. The lowest BCUT2D eigenvalue weighted by atomic mass is 10.0. The van der Waals surface area contributed by atoms with E-state index in [1.807, 2.05) is 18.2 Å². The molecule has 2 aromatic carbocycles. The Morgan fingerprint density at radius 3 is 2.79 bits per heavy atom. The van der Waals surface area contributed by atoms with Crippen LogP contribution in [0.2, 0.25) is 0 Å². The Kier molecular flexibility index (Phi) is 5.62. The average Bonchev–Trinajstić information content (AvgIpc) is 3.03. The third-order valence-corrected chi connectivity index (χ3v) is 5.21. The van der Waals surface area contributed by atoms with Gasteiger partial charge in [-0.15, -0.1) is 0 Å². The second-order valence-electron chi connectivity index (χ2n) is 7.24. The van der Waals surface area contributed by atoms with Crippen molar-refractivity contribution in [1.82, 2.24) is 4.90 Å². The van der Waals surface area contributed by atoms with Gasteiger partial charge < -0.3 is 14.8 Å². The SMILES string of the molecule is O=C(CN1CCCC1c1ccc2c(c1)OCCCO2)Nc1cccc([N+](=O)[O-])c1. The minimum atomic E-state index is -0.476. The number of anilines is 1. The molecular weight excluding hydrogens is 374 g/mol. The average molecular weight is 397 g/mol. The lowest BCUT2D eigenvalue weighted by Gasteiger charge is -2.25. The fourth-order valence-corrected chi connectivity index (χ4v) is 3.86. The van der Waals surface area contributed by atoms with Crippen molar-refractivity contribution < 1.29 is 19.2 Å². The highest BCUT2D eigenvalue weighted by molar-refractivity contribution is 5.92. The summed E-state index contributed by atoms with van der Waals surface area (Å²) in [4.78, 5) is 25.1. The normalized spacial score (nSPS) is 18.8. The molecule has 29 heavy (non-hydrogen) atoms. The predicted octanol–water partition coefficient (Wildman–Crippen LogP) is 3.53. The van der Waals surface area contributed by atoms with Crippen molar-refractivity contribution in [2.75, 3.05) is 31.6 Å². The number of fused-ring (bicyclic) bond motifs is 1. The van der Waals surface area contributed by atoms with Crippen LogP contribution >= 0.6 is 0 Å². The van der Waals surface area contributed by atoms with Crippen molar-refractivity contribution in [2.24, 2.45) is 0 Å². The van der Waals surface area contributed by atoms with E-state index in [1.54, 1.807) is 12.1 Å². The lowest BCUT2D eigenvalue weighted by molar-refractivity contribution is -0.384. The van der Waals surface area contributed by atoms with E-state index in [0.717, 1.165) is 42.9 Å². The van der Waals surface area contributed by atoms with Crippen LogP contribution in [-0.2, 0) is 4.79 Å². The molecule has 8 heteroatoms. The minimum Gasteiger partial charge on any atom is -0.490 e. The molecule has 152 valence electrons. The highest BCUT2D eigenvalue weighted by Crippen LogP contribution is 2.37. The second-order valence-corrected chi connectivity index (χ2v) is 7.24. The second kappa shape index (κ2) is 8.48. The van der Waals surface area contributed by atoms with Crippen molar-refractivity contribution in [2.45, 2.75) is 25.3 Å². The first-order valence-corrected chi connectivity index (χ1v) is 9.78. The van der Waals surface area contributed by atoms with Crippen LogP contribution in [0.3, 0.4) is 0 Å². The van der Waals surface area contributed by atoms with Crippen LogP contribution in [0.25, 0.3) is 0 Å². The van der Waals surface area contributed by atoms with E-state index in [4.69, 9.17) is 9.47 Å². The van der Waals surface area contributed by atoms with Gasteiger partial charge in [-0.05, 0) is 43.1 Å². The number of ether oxygens (including phenoxy) is 2. The van der Waals surface area contributed by atoms with E-state index >= 15 is 0 Å².